The lowest BCUT2D eigenvalue weighted by atomic mass is 10.2. The monoisotopic (exact) mass is 190 g/mol. The summed E-state index contributed by atoms with van der Waals surface area (Å²) in [6.07, 6.45) is 0. The molecule has 0 amide bonds. The van der Waals surface area contributed by atoms with E-state index in [2.05, 4.69) is 10.3 Å². The Hall–Kier alpha value is -1.35. The summed E-state index contributed by atoms with van der Waals surface area (Å²) in [7, 11) is 1.90. The van der Waals surface area contributed by atoms with Crippen molar-refractivity contribution >= 4 is 11.1 Å². The molecule has 0 aliphatic rings. The molecule has 1 aromatic carbocycles. The van der Waals surface area contributed by atoms with Crippen molar-refractivity contribution in [1.82, 2.24) is 10.3 Å². The zero-order chi connectivity index (χ0) is 10.1. The van der Waals surface area contributed by atoms with Gasteiger partial charge in [-0.1, -0.05) is 12.1 Å². The van der Waals surface area contributed by atoms with Crippen molar-refractivity contribution in [1.29, 1.82) is 0 Å². The number of hydrogen-bond acceptors (Lipinski definition) is 3. The first-order chi connectivity index (χ1) is 6.72. The highest BCUT2D eigenvalue weighted by atomic mass is 16.3. The van der Waals surface area contributed by atoms with Crippen LogP contribution in [0.5, 0.6) is 0 Å². The minimum Gasteiger partial charge on any atom is -0.439 e. The Morgan fingerprint density at radius 2 is 2.21 bits per heavy atom. The SMILES string of the molecule is CNC(C)c1nc2c(C)cccc2o1. The number of aromatic nitrogens is 1. The van der Waals surface area contributed by atoms with Gasteiger partial charge in [-0.25, -0.2) is 4.98 Å². The molecule has 0 aliphatic carbocycles. The summed E-state index contributed by atoms with van der Waals surface area (Å²) in [5.74, 6) is 0.747. The van der Waals surface area contributed by atoms with E-state index in [-0.39, 0.29) is 6.04 Å². The van der Waals surface area contributed by atoms with Gasteiger partial charge in [-0.05, 0) is 32.5 Å². The molecular weight excluding hydrogens is 176 g/mol. The first kappa shape index (κ1) is 9.21. The van der Waals surface area contributed by atoms with Crippen LogP contribution in [-0.2, 0) is 0 Å². The minimum absolute atomic E-state index is 0.154. The third-order valence-corrected chi connectivity index (χ3v) is 2.44. The lowest BCUT2D eigenvalue weighted by Crippen LogP contribution is -2.12. The van der Waals surface area contributed by atoms with Gasteiger partial charge in [-0.3, -0.25) is 0 Å². The van der Waals surface area contributed by atoms with Crippen molar-refractivity contribution in [3.8, 4) is 0 Å². The van der Waals surface area contributed by atoms with Crippen LogP contribution in [0.2, 0.25) is 0 Å². The molecule has 0 bridgehead atoms. The lowest BCUT2D eigenvalue weighted by molar-refractivity contribution is 0.456. The molecule has 0 saturated carbocycles. The molecule has 0 fully saturated rings. The Balaban J connectivity index is 2.56. The van der Waals surface area contributed by atoms with Crippen LogP contribution in [0.1, 0.15) is 24.4 Å². The number of benzene rings is 1. The van der Waals surface area contributed by atoms with Crippen LogP contribution in [0.15, 0.2) is 22.6 Å². The maximum atomic E-state index is 5.63. The fourth-order valence-corrected chi connectivity index (χ4v) is 1.41. The van der Waals surface area contributed by atoms with Gasteiger partial charge in [-0.2, -0.15) is 0 Å². The Morgan fingerprint density at radius 3 is 2.86 bits per heavy atom. The van der Waals surface area contributed by atoms with Crippen molar-refractivity contribution in [3.05, 3.63) is 29.7 Å². The zero-order valence-electron chi connectivity index (χ0n) is 8.66. The summed E-state index contributed by atoms with van der Waals surface area (Å²) in [6.45, 7) is 4.07. The topological polar surface area (TPSA) is 38.1 Å². The van der Waals surface area contributed by atoms with Gasteiger partial charge < -0.3 is 9.73 Å². The average Bonchev–Trinajstić information content (AvgIpc) is 2.62. The van der Waals surface area contributed by atoms with Crippen LogP contribution in [0, 0.1) is 6.92 Å². The van der Waals surface area contributed by atoms with E-state index in [0.29, 0.717) is 0 Å². The van der Waals surface area contributed by atoms with E-state index in [1.807, 2.05) is 39.1 Å². The quantitative estimate of drug-likeness (QED) is 0.790. The second-order valence-corrected chi connectivity index (χ2v) is 3.48. The fourth-order valence-electron chi connectivity index (χ4n) is 1.41. The van der Waals surface area contributed by atoms with Gasteiger partial charge in [0.25, 0.3) is 0 Å². The normalized spacial score (nSPS) is 13.4. The maximum Gasteiger partial charge on any atom is 0.212 e. The van der Waals surface area contributed by atoms with E-state index in [1.54, 1.807) is 0 Å². The molecule has 0 aliphatic heterocycles. The average molecular weight is 190 g/mol. The van der Waals surface area contributed by atoms with Gasteiger partial charge in [0.15, 0.2) is 5.58 Å². The summed E-state index contributed by atoms with van der Waals surface area (Å²) in [5, 5.41) is 3.11. The first-order valence-electron chi connectivity index (χ1n) is 4.75. The molecule has 1 N–H and O–H groups in total. The van der Waals surface area contributed by atoms with E-state index < -0.39 is 0 Å². The van der Waals surface area contributed by atoms with Gasteiger partial charge >= 0.3 is 0 Å². The number of nitrogens with zero attached hydrogens (tertiary/aromatic N) is 1. The molecular formula is C11H14N2O. The third kappa shape index (κ3) is 1.40. The van der Waals surface area contributed by atoms with Gasteiger partial charge in [0.05, 0.1) is 6.04 Å². The van der Waals surface area contributed by atoms with Crippen LogP contribution in [0.4, 0.5) is 0 Å². The Kier molecular flexibility index (Phi) is 2.25. The van der Waals surface area contributed by atoms with Crippen LogP contribution in [-0.4, -0.2) is 12.0 Å². The van der Waals surface area contributed by atoms with Crippen LogP contribution in [0.3, 0.4) is 0 Å². The van der Waals surface area contributed by atoms with Gasteiger partial charge in [-0.15, -0.1) is 0 Å². The number of rotatable bonds is 2. The summed E-state index contributed by atoms with van der Waals surface area (Å²) >= 11 is 0. The number of para-hydroxylation sites is 1. The third-order valence-electron chi connectivity index (χ3n) is 2.44. The summed E-state index contributed by atoms with van der Waals surface area (Å²) in [4.78, 5) is 4.45. The van der Waals surface area contributed by atoms with E-state index in [4.69, 9.17) is 4.42 Å². The Morgan fingerprint density at radius 1 is 1.43 bits per heavy atom. The number of nitrogens with one attached hydrogen (secondary N) is 1. The highest BCUT2D eigenvalue weighted by Crippen LogP contribution is 2.21. The summed E-state index contributed by atoms with van der Waals surface area (Å²) in [5.41, 5.74) is 2.98. The summed E-state index contributed by atoms with van der Waals surface area (Å²) in [6, 6.07) is 6.12. The summed E-state index contributed by atoms with van der Waals surface area (Å²) < 4.78 is 5.63. The maximum absolute atomic E-state index is 5.63. The zero-order valence-corrected chi connectivity index (χ0v) is 8.66. The Labute approximate surface area is 83.1 Å². The number of aryl methyl sites for hydroxylation is 1. The van der Waals surface area contributed by atoms with Crippen LogP contribution >= 0.6 is 0 Å². The molecule has 2 rings (SSSR count). The van der Waals surface area contributed by atoms with E-state index in [9.17, 15) is 0 Å². The molecule has 0 saturated heterocycles. The van der Waals surface area contributed by atoms with Crippen molar-refractivity contribution < 1.29 is 4.42 Å². The smallest absolute Gasteiger partial charge is 0.212 e. The number of oxazole rings is 1. The largest absolute Gasteiger partial charge is 0.439 e. The van der Waals surface area contributed by atoms with Gasteiger partial charge in [0.2, 0.25) is 5.89 Å². The molecule has 2 aromatic rings. The molecule has 1 atom stereocenters. The molecule has 74 valence electrons. The van der Waals surface area contributed by atoms with Crippen LogP contribution < -0.4 is 5.32 Å². The van der Waals surface area contributed by atoms with Crippen molar-refractivity contribution in [3.63, 3.8) is 0 Å². The number of hydrogen-bond donors (Lipinski definition) is 1. The first-order valence-corrected chi connectivity index (χ1v) is 4.75. The van der Waals surface area contributed by atoms with Crippen molar-refractivity contribution in [2.75, 3.05) is 7.05 Å². The molecule has 1 aromatic heterocycles. The predicted octanol–water partition coefficient (Wildman–Crippen LogP) is 2.42. The Bertz CT molecular complexity index is 447. The van der Waals surface area contributed by atoms with E-state index in [1.165, 1.54) is 0 Å². The lowest BCUT2D eigenvalue weighted by Gasteiger charge is -2.02. The second-order valence-electron chi connectivity index (χ2n) is 3.48. The predicted molar refractivity (Wildman–Crippen MR) is 56.2 cm³/mol. The minimum atomic E-state index is 0.154. The second kappa shape index (κ2) is 3.42. The highest BCUT2D eigenvalue weighted by Gasteiger charge is 2.11. The molecule has 14 heavy (non-hydrogen) atoms. The van der Waals surface area contributed by atoms with Crippen molar-refractivity contribution in [2.24, 2.45) is 0 Å². The molecule has 1 heterocycles. The van der Waals surface area contributed by atoms with E-state index >= 15 is 0 Å². The molecule has 1 unspecified atom stereocenters. The molecule has 0 radical (unpaired) electrons. The number of fused-ring (bicyclic) bond motifs is 1. The molecule has 0 spiro atoms. The van der Waals surface area contributed by atoms with Gasteiger partial charge in [0, 0.05) is 0 Å². The van der Waals surface area contributed by atoms with Crippen LogP contribution in [0.25, 0.3) is 11.1 Å². The standard InChI is InChI=1S/C11H14N2O/c1-7-5-4-6-9-10(7)13-11(14-9)8(2)12-3/h4-6,8,12H,1-3H3. The molecule has 3 nitrogen and oxygen atoms in total. The highest BCUT2D eigenvalue weighted by molar-refractivity contribution is 5.76. The fraction of sp³-hybridized carbons (Fsp3) is 0.364. The van der Waals surface area contributed by atoms with Crippen molar-refractivity contribution in [2.45, 2.75) is 19.9 Å². The van der Waals surface area contributed by atoms with E-state index in [0.717, 1.165) is 22.6 Å². The molecule has 3 heteroatoms. The van der Waals surface area contributed by atoms with Gasteiger partial charge in [0.1, 0.15) is 5.52 Å².